The zero-order chi connectivity index (χ0) is 29.9. The van der Waals surface area contributed by atoms with Crippen molar-refractivity contribution in [1.82, 2.24) is 31.5 Å². The van der Waals surface area contributed by atoms with Crippen LogP contribution in [0.15, 0.2) is 0 Å². The first-order chi connectivity index (χ1) is 18.2. The highest BCUT2D eigenvalue weighted by atomic mass is 16.4. The molecular formula is C25H42N6O8. The van der Waals surface area contributed by atoms with Crippen molar-refractivity contribution >= 4 is 41.4 Å². The largest absolute Gasteiger partial charge is 0.480 e. The van der Waals surface area contributed by atoms with E-state index in [1.54, 1.807) is 20.8 Å². The van der Waals surface area contributed by atoms with Crippen LogP contribution in [-0.2, 0) is 33.6 Å². The molecule has 1 aliphatic rings. The molecule has 1 fully saturated rings. The summed E-state index contributed by atoms with van der Waals surface area (Å²) in [6.45, 7) is 9.13. The predicted octanol–water partition coefficient (Wildman–Crippen LogP) is -1.51. The van der Waals surface area contributed by atoms with Crippen LogP contribution in [-0.4, -0.2) is 95.2 Å². The van der Waals surface area contributed by atoms with Crippen molar-refractivity contribution in [1.29, 1.82) is 0 Å². The molecule has 220 valence electrons. The Labute approximate surface area is 228 Å². The topological polar surface area (TPSA) is 203 Å². The van der Waals surface area contributed by atoms with Crippen molar-refractivity contribution in [3.63, 3.8) is 0 Å². The average molecular weight is 555 g/mol. The van der Waals surface area contributed by atoms with Crippen LogP contribution in [0.4, 0.5) is 0 Å². The van der Waals surface area contributed by atoms with Crippen molar-refractivity contribution in [2.45, 2.75) is 85.0 Å². The van der Waals surface area contributed by atoms with E-state index in [-0.39, 0.29) is 24.3 Å². The van der Waals surface area contributed by atoms with E-state index in [1.165, 1.54) is 18.7 Å². The summed E-state index contributed by atoms with van der Waals surface area (Å²) in [7, 11) is 0. The van der Waals surface area contributed by atoms with Gasteiger partial charge in [0, 0.05) is 13.5 Å². The third-order valence-corrected chi connectivity index (χ3v) is 6.52. The van der Waals surface area contributed by atoms with Gasteiger partial charge in [-0.25, -0.2) is 0 Å². The first-order valence-corrected chi connectivity index (χ1v) is 13.1. The fourth-order valence-corrected chi connectivity index (χ4v) is 4.15. The molecule has 0 saturated carbocycles. The number of carboxylic acids is 1. The van der Waals surface area contributed by atoms with Crippen molar-refractivity contribution in [2.75, 3.05) is 19.6 Å². The van der Waals surface area contributed by atoms with Gasteiger partial charge in [0.2, 0.25) is 35.4 Å². The van der Waals surface area contributed by atoms with Crippen molar-refractivity contribution in [3.8, 4) is 0 Å². The monoisotopic (exact) mass is 554 g/mol. The van der Waals surface area contributed by atoms with Gasteiger partial charge in [-0.2, -0.15) is 0 Å². The molecule has 1 rings (SSSR count). The lowest BCUT2D eigenvalue weighted by atomic mass is 9.98. The number of hydrogen-bond acceptors (Lipinski definition) is 7. The Morgan fingerprint density at radius 3 is 2.05 bits per heavy atom. The summed E-state index contributed by atoms with van der Waals surface area (Å²) in [5, 5.41) is 21.2. The van der Waals surface area contributed by atoms with Gasteiger partial charge in [-0.1, -0.05) is 34.1 Å². The summed E-state index contributed by atoms with van der Waals surface area (Å²) in [4.78, 5) is 86.9. The minimum atomic E-state index is -1.20. The first-order valence-electron chi connectivity index (χ1n) is 13.1. The zero-order valence-electron chi connectivity index (χ0n) is 23.5. The van der Waals surface area contributed by atoms with Gasteiger partial charge in [0.1, 0.15) is 30.7 Å². The van der Waals surface area contributed by atoms with Crippen LogP contribution in [0.2, 0.25) is 0 Å². The lowest BCUT2D eigenvalue weighted by Gasteiger charge is -2.29. The van der Waals surface area contributed by atoms with Crippen LogP contribution in [0.25, 0.3) is 0 Å². The third-order valence-electron chi connectivity index (χ3n) is 6.52. The summed E-state index contributed by atoms with van der Waals surface area (Å²) in [6, 6.07) is -3.68. The maximum atomic E-state index is 13.0. The van der Waals surface area contributed by atoms with Gasteiger partial charge in [0.05, 0.1) is 6.54 Å². The normalized spacial score (nSPS) is 17.8. The number of carbonyl (C=O) groups excluding carboxylic acids is 6. The highest BCUT2D eigenvalue weighted by Crippen LogP contribution is 2.18. The predicted molar refractivity (Wildman–Crippen MR) is 140 cm³/mol. The number of nitrogens with one attached hydrogen (secondary N) is 5. The fraction of sp³-hybridized carbons (Fsp3) is 0.720. The van der Waals surface area contributed by atoms with E-state index in [2.05, 4.69) is 26.6 Å². The molecule has 0 radical (unpaired) electrons. The van der Waals surface area contributed by atoms with E-state index in [9.17, 15) is 33.6 Å². The molecule has 14 nitrogen and oxygen atoms in total. The number of amides is 6. The summed E-state index contributed by atoms with van der Waals surface area (Å²) in [6.07, 6.45) is 1.55. The zero-order valence-corrected chi connectivity index (χ0v) is 23.5. The molecule has 14 heteroatoms. The summed E-state index contributed by atoms with van der Waals surface area (Å²) >= 11 is 0. The lowest BCUT2D eigenvalue weighted by molar-refractivity contribution is -0.142. The molecule has 0 aromatic rings. The number of nitrogens with zero attached hydrogens (tertiary/aromatic N) is 1. The maximum Gasteiger partial charge on any atom is 0.322 e. The van der Waals surface area contributed by atoms with Crippen molar-refractivity contribution in [3.05, 3.63) is 0 Å². The highest BCUT2D eigenvalue weighted by molar-refractivity contribution is 5.96. The summed E-state index contributed by atoms with van der Waals surface area (Å²) in [5.41, 5.74) is 0. The Bertz CT molecular complexity index is 940. The van der Waals surface area contributed by atoms with Gasteiger partial charge >= 0.3 is 5.97 Å². The number of aliphatic carboxylic acids is 1. The van der Waals surface area contributed by atoms with E-state index in [0.29, 0.717) is 19.3 Å². The minimum Gasteiger partial charge on any atom is -0.480 e. The third kappa shape index (κ3) is 10.5. The molecule has 6 amide bonds. The minimum absolute atomic E-state index is 0.163. The number of hydrogen-bond donors (Lipinski definition) is 6. The number of rotatable bonds is 14. The van der Waals surface area contributed by atoms with Gasteiger partial charge in [0.25, 0.3) is 0 Å². The molecule has 0 spiro atoms. The Hall–Kier alpha value is -3.71. The Kier molecular flexibility index (Phi) is 13.4. The molecule has 5 atom stereocenters. The molecule has 0 aliphatic carbocycles. The van der Waals surface area contributed by atoms with E-state index in [0.717, 1.165) is 0 Å². The fourth-order valence-electron chi connectivity index (χ4n) is 4.15. The molecule has 1 saturated heterocycles. The van der Waals surface area contributed by atoms with Gasteiger partial charge in [-0.3, -0.25) is 33.6 Å². The van der Waals surface area contributed by atoms with E-state index in [1.807, 2.05) is 6.92 Å². The second-order valence-corrected chi connectivity index (χ2v) is 10.1. The number of likely N-dealkylation sites (tertiary alicyclic amines) is 1. The summed E-state index contributed by atoms with van der Waals surface area (Å²) in [5.74, 6) is -4.96. The van der Waals surface area contributed by atoms with Crippen LogP contribution in [0.1, 0.15) is 60.8 Å². The van der Waals surface area contributed by atoms with Crippen molar-refractivity contribution < 1.29 is 38.7 Å². The number of carboxylic acid groups (broad SMARTS) is 1. The highest BCUT2D eigenvalue weighted by Gasteiger charge is 2.37. The second-order valence-electron chi connectivity index (χ2n) is 10.1. The molecule has 1 unspecified atom stereocenters. The van der Waals surface area contributed by atoms with Crippen LogP contribution in [0, 0.1) is 11.8 Å². The van der Waals surface area contributed by atoms with E-state index < -0.39 is 72.8 Å². The van der Waals surface area contributed by atoms with Crippen LogP contribution >= 0.6 is 0 Å². The van der Waals surface area contributed by atoms with Crippen LogP contribution in [0.5, 0.6) is 0 Å². The van der Waals surface area contributed by atoms with Gasteiger partial charge in [-0.15, -0.1) is 0 Å². The van der Waals surface area contributed by atoms with Crippen molar-refractivity contribution in [2.24, 2.45) is 11.8 Å². The van der Waals surface area contributed by atoms with Crippen LogP contribution < -0.4 is 26.6 Å². The van der Waals surface area contributed by atoms with Gasteiger partial charge < -0.3 is 36.6 Å². The van der Waals surface area contributed by atoms with E-state index >= 15 is 0 Å². The molecule has 39 heavy (non-hydrogen) atoms. The van der Waals surface area contributed by atoms with E-state index in [4.69, 9.17) is 5.11 Å². The standard InChI is InChI=1S/C25H42N6O8/c1-7-14(4)21(29-16(6)32)23(37)26-11-18(33)30-20(13(2)3)24(38)28-15(5)25(39)31-10-8-9-17(31)22(36)27-12-19(34)35/h13-15,17,20-21H,7-12H2,1-6H3,(H,26,37)(H,27,36)(H,28,38)(H,29,32)(H,30,33)(H,34,35)/t14-,15-,17-,20?,21-/m0/s1. The molecule has 0 aromatic carbocycles. The molecule has 1 aliphatic heterocycles. The first kappa shape index (κ1) is 33.3. The Balaban J connectivity index is 2.75. The molecule has 0 bridgehead atoms. The number of carbonyl (C=O) groups is 7. The summed E-state index contributed by atoms with van der Waals surface area (Å²) < 4.78 is 0. The van der Waals surface area contributed by atoms with Crippen LogP contribution in [0.3, 0.4) is 0 Å². The smallest absolute Gasteiger partial charge is 0.322 e. The quantitative estimate of drug-likeness (QED) is 0.149. The SMILES string of the molecule is CC[C@H](C)[C@H](NC(C)=O)C(=O)NCC(=O)NC(C(=O)N[C@@H](C)C(=O)N1CCC[C@H]1C(=O)NCC(=O)O)C(C)C. The Morgan fingerprint density at radius 2 is 1.51 bits per heavy atom. The molecule has 0 aromatic heterocycles. The average Bonchev–Trinajstić information content (AvgIpc) is 3.36. The lowest BCUT2D eigenvalue weighted by Crippen LogP contribution is -2.58. The molecule has 6 N–H and O–H groups in total. The molecular weight excluding hydrogens is 512 g/mol. The Morgan fingerprint density at radius 1 is 0.872 bits per heavy atom. The second kappa shape index (κ2) is 15.6. The van der Waals surface area contributed by atoms with Gasteiger partial charge in [-0.05, 0) is 31.6 Å². The maximum absolute atomic E-state index is 13.0. The van der Waals surface area contributed by atoms with Gasteiger partial charge in [0.15, 0.2) is 0 Å². The molecule has 1 heterocycles.